The highest BCUT2D eigenvalue weighted by molar-refractivity contribution is 5.92. The van der Waals surface area contributed by atoms with Crippen molar-refractivity contribution in [3.63, 3.8) is 0 Å². The van der Waals surface area contributed by atoms with Gasteiger partial charge in [0.1, 0.15) is 5.69 Å². The minimum atomic E-state index is -0.134. The summed E-state index contributed by atoms with van der Waals surface area (Å²) >= 11 is 0. The van der Waals surface area contributed by atoms with Gasteiger partial charge in [-0.25, -0.2) is 4.98 Å². The molecule has 1 heterocycles. The van der Waals surface area contributed by atoms with Gasteiger partial charge in [0.15, 0.2) is 0 Å². The van der Waals surface area contributed by atoms with Gasteiger partial charge in [-0.05, 0) is 37.8 Å². The molecule has 0 aliphatic heterocycles. The molecule has 0 saturated heterocycles. The molecule has 1 aliphatic rings. The maximum Gasteiger partial charge on any atom is 0.270 e. The Kier molecular flexibility index (Phi) is 3.58. The predicted molar refractivity (Wildman–Crippen MR) is 66.3 cm³/mol. The van der Waals surface area contributed by atoms with Crippen LogP contribution < -0.4 is 16.8 Å². The average molecular weight is 234 g/mol. The standard InChI is InChI=1S/C12H18N4O/c13-8-1-4-10(5-2-8)16-12(17)11-6-3-9(14)7-15-11/h3,6-8,10H,1-2,4-5,13-14H2,(H,16,17). The number of pyridine rings is 1. The third kappa shape index (κ3) is 3.17. The number of nitrogens with zero attached hydrogens (tertiary/aromatic N) is 1. The Morgan fingerprint density at radius 2 is 2.00 bits per heavy atom. The van der Waals surface area contributed by atoms with Crippen molar-refractivity contribution >= 4 is 11.6 Å². The number of nitrogens with two attached hydrogens (primary N) is 2. The van der Waals surface area contributed by atoms with Crippen LogP contribution in [-0.4, -0.2) is 23.0 Å². The molecule has 0 radical (unpaired) electrons. The smallest absolute Gasteiger partial charge is 0.270 e. The second kappa shape index (κ2) is 5.14. The van der Waals surface area contributed by atoms with Crippen LogP contribution in [0.25, 0.3) is 0 Å². The summed E-state index contributed by atoms with van der Waals surface area (Å²) in [5.74, 6) is -0.134. The van der Waals surface area contributed by atoms with E-state index in [-0.39, 0.29) is 18.0 Å². The molecule has 1 aromatic rings. The van der Waals surface area contributed by atoms with Gasteiger partial charge in [-0.2, -0.15) is 0 Å². The van der Waals surface area contributed by atoms with E-state index in [0.29, 0.717) is 11.4 Å². The number of carbonyl (C=O) groups excluding carboxylic acids is 1. The first-order chi connectivity index (χ1) is 8.15. The van der Waals surface area contributed by atoms with Crippen molar-refractivity contribution in [3.8, 4) is 0 Å². The van der Waals surface area contributed by atoms with Crippen LogP contribution in [0.4, 0.5) is 5.69 Å². The minimum absolute atomic E-state index is 0.134. The lowest BCUT2D eigenvalue weighted by molar-refractivity contribution is 0.0921. The maximum absolute atomic E-state index is 11.9. The van der Waals surface area contributed by atoms with E-state index < -0.39 is 0 Å². The third-order valence-corrected chi connectivity index (χ3v) is 3.13. The Bertz CT molecular complexity index is 382. The molecule has 0 unspecified atom stereocenters. The molecule has 2 rings (SSSR count). The molecule has 17 heavy (non-hydrogen) atoms. The van der Waals surface area contributed by atoms with Gasteiger partial charge in [-0.1, -0.05) is 0 Å². The Morgan fingerprint density at radius 1 is 1.29 bits per heavy atom. The van der Waals surface area contributed by atoms with E-state index in [2.05, 4.69) is 10.3 Å². The summed E-state index contributed by atoms with van der Waals surface area (Å²) in [5.41, 5.74) is 12.3. The van der Waals surface area contributed by atoms with Crippen molar-refractivity contribution in [3.05, 3.63) is 24.0 Å². The van der Waals surface area contributed by atoms with Crippen molar-refractivity contribution < 1.29 is 4.79 Å². The summed E-state index contributed by atoms with van der Waals surface area (Å²) in [6.45, 7) is 0. The molecule has 1 fully saturated rings. The molecule has 5 nitrogen and oxygen atoms in total. The summed E-state index contributed by atoms with van der Waals surface area (Å²) in [6.07, 6.45) is 5.33. The van der Waals surface area contributed by atoms with Crippen molar-refractivity contribution in [2.45, 2.75) is 37.8 Å². The van der Waals surface area contributed by atoms with E-state index in [1.54, 1.807) is 12.1 Å². The number of hydrogen-bond donors (Lipinski definition) is 3. The number of nitrogens with one attached hydrogen (secondary N) is 1. The number of nitrogen functional groups attached to an aromatic ring is 1. The molecule has 1 aromatic heterocycles. The Labute approximate surface area is 101 Å². The Morgan fingerprint density at radius 3 is 2.59 bits per heavy atom. The number of hydrogen-bond acceptors (Lipinski definition) is 4. The molecule has 5 heteroatoms. The number of anilines is 1. The van der Waals surface area contributed by atoms with Crippen LogP contribution in [0.5, 0.6) is 0 Å². The monoisotopic (exact) mass is 234 g/mol. The van der Waals surface area contributed by atoms with E-state index in [1.165, 1.54) is 6.20 Å². The number of rotatable bonds is 2. The highest BCUT2D eigenvalue weighted by atomic mass is 16.1. The van der Waals surface area contributed by atoms with Gasteiger partial charge in [-0.3, -0.25) is 4.79 Å². The summed E-state index contributed by atoms with van der Waals surface area (Å²) < 4.78 is 0. The van der Waals surface area contributed by atoms with Crippen LogP contribution in [-0.2, 0) is 0 Å². The normalized spacial score (nSPS) is 24.3. The topological polar surface area (TPSA) is 94.0 Å². The second-order valence-electron chi connectivity index (χ2n) is 4.56. The van der Waals surface area contributed by atoms with E-state index >= 15 is 0 Å². The molecule has 5 N–H and O–H groups in total. The molecule has 92 valence electrons. The first-order valence-corrected chi connectivity index (χ1v) is 5.93. The van der Waals surface area contributed by atoms with Crippen LogP contribution in [0.3, 0.4) is 0 Å². The van der Waals surface area contributed by atoms with E-state index in [1.807, 2.05) is 0 Å². The molecule has 0 aromatic carbocycles. The van der Waals surface area contributed by atoms with Gasteiger partial charge in [0.2, 0.25) is 0 Å². The SMILES string of the molecule is Nc1ccc(C(=O)NC2CCC(N)CC2)nc1. The fourth-order valence-corrected chi connectivity index (χ4v) is 2.06. The molecule has 0 spiro atoms. The highest BCUT2D eigenvalue weighted by Crippen LogP contribution is 2.17. The number of amides is 1. The highest BCUT2D eigenvalue weighted by Gasteiger charge is 2.20. The molecule has 1 saturated carbocycles. The fraction of sp³-hybridized carbons (Fsp3) is 0.500. The molecule has 1 aliphatic carbocycles. The summed E-state index contributed by atoms with van der Waals surface area (Å²) in [5, 5.41) is 2.98. The van der Waals surface area contributed by atoms with Crippen LogP contribution in [0, 0.1) is 0 Å². The fourth-order valence-electron chi connectivity index (χ4n) is 2.06. The predicted octanol–water partition coefficient (Wildman–Crippen LogP) is 0.663. The van der Waals surface area contributed by atoms with Gasteiger partial charge in [0.05, 0.1) is 11.9 Å². The average Bonchev–Trinajstić information content (AvgIpc) is 2.33. The summed E-state index contributed by atoms with van der Waals surface area (Å²) in [7, 11) is 0. The maximum atomic E-state index is 11.9. The zero-order chi connectivity index (χ0) is 12.3. The van der Waals surface area contributed by atoms with E-state index in [9.17, 15) is 4.79 Å². The second-order valence-corrected chi connectivity index (χ2v) is 4.56. The number of aromatic nitrogens is 1. The molecular weight excluding hydrogens is 216 g/mol. The van der Waals surface area contributed by atoms with Crippen LogP contribution in [0.2, 0.25) is 0 Å². The quantitative estimate of drug-likeness (QED) is 0.700. The Hall–Kier alpha value is -1.62. The van der Waals surface area contributed by atoms with Gasteiger partial charge < -0.3 is 16.8 Å². The zero-order valence-corrected chi connectivity index (χ0v) is 9.73. The van der Waals surface area contributed by atoms with E-state index in [4.69, 9.17) is 11.5 Å². The molecule has 1 amide bonds. The van der Waals surface area contributed by atoms with Crippen molar-refractivity contribution in [1.82, 2.24) is 10.3 Å². The number of carbonyl (C=O) groups is 1. The van der Waals surface area contributed by atoms with Crippen molar-refractivity contribution in [2.75, 3.05) is 5.73 Å². The van der Waals surface area contributed by atoms with Crippen LogP contribution in [0.15, 0.2) is 18.3 Å². The van der Waals surface area contributed by atoms with Gasteiger partial charge in [0.25, 0.3) is 5.91 Å². The first kappa shape index (κ1) is 11.9. The first-order valence-electron chi connectivity index (χ1n) is 5.93. The van der Waals surface area contributed by atoms with Gasteiger partial charge in [-0.15, -0.1) is 0 Å². The lowest BCUT2D eigenvalue weighted by atomic mass is 9.92. The molecule has 0 atom stereocenters. The molecule has 0 bridgehead atoms. The molecular formula is C12H18N4O. The van der Waals surface area contributed by atoms with Crippen molar-refractivity contribution in [1.29, 1.82) is 0 Å². The van der Waals surface area contributed by atoms with Gasteiger partial charge >= 0.3 is 0 Å². The zero-order valence-electron chi connectivity index (χ0n) is 9.73. The van der Waals surface area contributed by atoms with Crippen molar-refractivity contribution in [2.24, 2.45) is 5.73 Å². The minimum Gasteiger partial charge on any atom is -0.397 e. The van der Waals surface area contributed by atoms with Crippen LogP contribution in [0.1, 0.15) is 36.2 Å². The lowest BCUT2D eigenvalue weighted by Crippen LogP contribution is -2.40. The third-order valence-electron chi connectivity index (χ3n) is 3.13. The Balaban J connectivity index is 1.91. The summed E-state index contributed by atoms with van der Waals surface area (Å²) in [6, 6.07) is 3.83. The van der Waals surface area contributed by atoms with Gasteiger partial charge in [0, 0.05) is 12.1 Å². The lowest BCUT2D eigenvalue weighted by Gasteiger charge is -2.26. The largest absolute Gasteiger partial charge is 0.397 e. The van der Waals surface area contributed by atoms with Crippen LogP contribution >= 0.6 is 0 Å². The summed E-state index contributed by atoms with van der Waals surface area (Å²) in [4.78, 5) is 15.9. The van der Waals surface area contributed by atoms with E-state index in [0.717, 1.165) is 25.7 Å².